The molecule has 1 heterocycles. The number of hydrogen-bond acceptors (Lipinski definition) is 2. The Morgan fingerprint density at radius 1 is 0.857 bits per heavy atom. The Morgan fingerprint density at radius 2 is 1.38 bits per heavy atom. The summed E-state index contributed by atoms with van der Waals surface area (Å²) < 4.78 is 0. The van der Waals surface area contributed by atoms with Crippen molar-refractivity contribution >= 4 is 5.97 Å². The zero-order valence-corrected chi connectivity index (χ0v) is 13.9. The molecule has 0 bridgehead atoms. The second-order valence-electron chi connectivity index (χ2n) is 3.07. The lowest BCUT2D eigenvalue weighted by molar-refractivity contribution is 0.0697. The van der Waals surface area contributed by atoms with E-state index in [-0.39, 0.29) is 5.56 Å². The van der Waals surface area contributed by atoms with Crippen molar-refractivity contribution in [2.24, 2.45) is 0 Å². The van der Waals surface area contributed by atoms with Gasteiger partial charge >= 0.3 is 5.97 Å². The van der Waals surface area contributed by atoms with Crippen LogP contribution in [0.2, 0.25) is 0 Å². The summed E-state index contributed by atoms with van der Waals surface area (Å²) in [6, 6.07) is 12.3. The Kier molecular flexibility index (Phi) is 14.4. The number of aromatic nitrogens is 1. The lowest BCUT2D eigenvalue weighted by Gasteiger charge is -2.03. The summed E-state index contributed by atoms with van der Waals surface area (Å²) in [5, 5.41) is 9.00. The predicted molar refractivity (Wildman–Crippen MR) is 90.7 cm³/mol. The maximum atomic E-state index is 11.0. The molecule has 0 aliphatic heterocycles. The van der Waals surface area contributed by atoms with E-state index in [1.165, 1.54) is 0 Å². The Balaban J connectivity index is 0. The van der Waals surface area contributed by atoms with Crippen molar-refractivity contribution in [3.8, 4) is 11.3 Å². The van der Waals surface area contributed by atoms with Gasteiger partial charge in [0.2, 0.25) is 0 Å². The summed E-state index contributed by atoms with van der Waals surface area (Å²) in [6.07, 6.45) is 1.65. The van der Waals surface area contributed by atoms with E-state index in [1.54, 1.807) is 42.6 Å². The number of hydrogen-bond donors (Lipinski definition) is 1. The van der Waals surface area contributed by atoms with Crippen LogP contribution in [0.15, 0.2) is 48.7 Å². The summed E-state index contributed by atoms with van der Waals surface area (Å²) in [7, 11) is 0. The van der Waals surface area contributed by atoms with Gasteiger partial charge in [0.25, 0.3) is 0 Å². The highest BCUT2D eigenvalue weighted by Crippen LogP contribution is 2.20. The van der Waals surface area contributed by atoms with Gasteiger partial charge in [0.15, 0.2) is 0 Å². The van der Waals surface area contributed by atoms with Crippen LogP contribution in [0, 0.1) is 0 Å². The van der Waals surface area contributed by atoms with Crippen molar-refractivity contribution in [1.82, 2.24) is 4.98 Å². The molecule has 0 aliphatic carbocycles. The molecule has 0 unspecified atom stereocenters. The first kappa shape index (κ1) is 21.1. The van der Waals surface area contributed by atoms with Crippen LogP contribution in [0.1, 0.15) is 51.9 Å². The highest BCUT2D eigenvalue weighted by molar-refractivity contribution is 5.95. The molecule has 116 valence electrons. The van der Waals surface area contributed by atoms with E-state index in [1.807, 2.05) is 47.6 Å². The molecule has 0 spiro atoms. The second kappa shape index (κ2) is 14.3. The van der Waals surface area contributed by atoms with Crippen molar-refractivity contribution < 1.29 is 9.90 Å². The van der Waals surface area contributed by atoms with Gasteiger partial charge in [-0.25, -0.2) is 4.79 Å². The topological polar surface area (TPSA) is 50.2 Å². The van der Waals surface area contributed by atoms with Crippen LogP contribution in [0.25, 0.3) is 11.3 Å². The predicted octanol–water partition coefficient (Wildman–Crippen LogP) is 5.53. The summed E-state index contributed by atoms with van der Waals surface area (Å²) in [5.41, 5.74) is 1.59. The van der Waals surface area contributed by atoms with Gasteiger partial charge < -0.3 is 5.11 Å². The van der Waals surface area contributed by atoms with E-state index in [0.717, 1.165) is 0 Å². The Bertz CT molecular complexity index is 482. The molecule has 0 fully saturated rings. The number of pyridine rings is 1. The molecule has 3 nitrogen and oxygen atoms in total. The molecule has 0 aliphatic rings. The minimum absolute atomic E-state index is 0.274. The number of carboxylic acids is 1. The average molecular weight is 289 g/mol. The molecule has 1 aromatic carbocycles. The van der Waals surface area contributed by atoms with Gasteiger partial charge in [-0.1, -0.05) is 65.8 Å². The molecule has 0 radical (unpaired) electrons. The van der Waals surface area contributed by atoms with Crippen LogP contribution in [0.4, 0.5) is 0 Å². The number of carbonyl (C=O) groups is 1. The van der Waals surface area contributed by atoms with E-state index in [0.29, 0.717) is 11.3 Å². The summed E-state index contributed by atoms with van der Waals surface area (Å²) in [5.74, 6) is -0.934. The van der Waals surface area contributed by atoms with E-state index in [9.17, 15) is 4.79 Å². The largest absolute Gasteiger partial charge is 0.478 e. The Labute approximate surface area is 128 Å². The highest BCUT2D eigenvalue weighted by atomic mass is 16.4. The molecule has 2 aromatic rings. The smallest absolute Gasteiger partial charge is 0.336 e. The maximum Gasteiger partial charge on any atom is 0.336 e. The lowest BCUT2D eigenvalue weighted by Crippen LogP contribution is -1.99. The molecular formula is C18H27NO2. The third kappa shape index (κ3) is 7.25. The van der Waals surface area contributed by atoms with Gasteiger partial charge in [-0.3, -0.25) is 4.98 Å². The van der Waals surface area contributed by atoms with Crippen LogP contribution in [0.3, 0.4) is 0 Å². The normalized spacial score (nSPS) is 7.90. The highest BCUT2D eigenvalue weighted by Gasteiger charge is 2.10. The van der Waals surface area contributed by atoms with Crippen molar-refractivity contribution in [2.45, 2.75) is 41.5 Å². The molecule has 0 saturated heterocycles. The Morgan fingerprint density at radius 3 is 1.86 bits per heavy atom. The van der Waals surface area contributed by atoms with Crippen LogP contribution in [-0.4, -0.2) is 16.1 Å². The number of carboxylic acid groups (broad SMARTS) is 1. The van der Waals surface area contributed by atoms with E-state index in [4.69, 9.17) is 5.11 Å². The molecule has 2 rings (SSSR count). The van der Waals surface area contributed by atoms with Crippen LogP contribution in [0.5, 0.6) is 0 Å². The first-order valence-corrected chi connectivity index (χ1v) is 7.53. The van der Waals surface area contributed by atoms with Gasteiger partial charge in [0.1, 0.15) is 0 Å². The maximum absolute atomic E-state index is 11.0. The minimum atomic E-state index is -0.934. The zero-order chi connectivity index (χ0) is 16.7. The molecular weight excluding hydrogens is 262 g/mol. The summed E-state index contributed by atoms with van der Waals surface area (Å²) >= 11 is 0. The zero-order valence-electron chi connectivity index (χ0n) is 13.9. The first-order valence-electron chi connectivity index (χ1n) is 7.53. The standard InChI is InChI=1S/C12H9NO2.3C2H6/c14-12(15)10-6-2-1-5-9(10)11-7-3-4-8-13-11;3*1-2/h1-8H,(H,14,15);3*1-2H3. The van der Waals surface area contributed by atoms with Crippen LogP contribution >= 0.6 is 0 Å². The van der Waals surface area contributed by atoms with Crippen molar-refractivity contribution in [3.63, 3.8) is 0 Å². The van der Waals surface area contributed by atoms with Gasteiger partial charge in [-0.2, -0.15) is 0 Å². The minimum Gasteiger partial charge on any atom is -0.478 e. The first-order chi connectivity index (χ1) is 10.3. The van der Waals surface area contributed by atoms with E-state index < -0.39 is 5.97 Å². The number of rotatable bonds is 2. The molecule has 3 heteroatoms. The van der Waals surface area contributed by atoms with Crippen molar-refractivity contribution in [2.75, 3.05) is 0 Å². The fourth-order valence-electron chi connectivity index (χ4n) is 1.42. The fourth-order valence-corrected chi connectivity index (χ4v) is 1.42. The summed E-state index contributed by atoms with van der Waals surface area (Å²) in [4.78, 5) is 15.1. The lowest BCUT2D eigenvalue weighted by atomic mass is 10.0. The quantitative estimate of drug-likeness (QED) is 0.791. The van der Waals surface area contributed by atoms with Gasteiger partial charge in [-0.15, -0.1) is 0 Å². The molecule has 21 heavy (non-hydrogen) atoms. The van der Waals surface area contributed by atoms with E-state index in [2.05, 4.69) is 4.98 Å². The molecule has 0 atom stereocenters. The van der Waals surface area contributed by atoms with Crippen molar-refractivity contribution in [1.29, 1.82) is 0 Å². The third-order valence-corrected chi connectivity index (χ3v) is 2.10. The van der Waals surface area contributed by atoms with Crippen LogP contribution < -0.4 is 0 Å². The summed E-state index contributed by atoms with van der Waals surface area (Å²) in [6.45, 7) is 12.0. The second-order valence-corrected chi connectivity index (χ2v) is 3.07. The monoisotopic (exact) mass is 289 g/mol. The Hall–Kier alpha value is -2.16. The molecule has 1 N–H and O–H groups in total. The SMILES string of the molecule is CC.CC.CC.O=C(O)c1ccccc1-c1ccccn1. The molecule has 0 amide bonds. The van der Waals surface area contributed by atoms with E-state index >= 15 is 0 Å². The van der Waals surface area contributed by atoms with Crippen molar-refractivity contribution in [3.05, 3.63) is 54.2 Å². The van der Waals surface area contributed by atoms with Crippen LogP contribution in [-0.2, 0) is 0 Å². The fraction of sp³-hybridized carbons (Fsp3) is 0.333. The van der Waals surface area contributed by atoms with Gasteiger partial charge in [-0.05, 0) is 18.2 Å². The number of benzene rings is 1. The van der Waals surface area contributed by atoms with Gasteiger partial charge in [0, 0.05) is 11.8 Å². The van der Waals surface area contributed by atoms with Gasteiger partial charge in [0.05, 0.1) is 11.3 Å². The molecule has 1 aromatic heterocycles. The number of nitrogens with zero attached hydrogens (tertiary/aromatic N) is 1. The number of aromatic carboxylic acids is 1. The third-order valence-electron chi connectivity index (χ3n) is 2.10. The average Bonchev–Trinajstić information content (AvgIpc) is 2.61. The molecule has 0 saturated carbocycles.